The number of phosphoric acid groups is 2. The van der Waals surface area contributed by atoms with E-state index in [4.69, 9.17) is 37.0 Å². The van der Waals surface area contributed by atoms with Crippen LogP contribution in [0.15, 0.2) is 158 Å². The summed E-state index contributed by atoms with van der Waals surface area (Å²) in [6, 6.07) is 0. The van der Waals surface area contributed by atoms with Gasteiger partial charge in [0, 0.05) is 25.7 Å². The maximum absolute atomic E-state index is 13.1. The molecule has 0 heterocycles. The van der Waals surface area contributed by atoms with E-state index in [1.165, 1.54) is 38.5 Å². The van der Waals surface area contributed by atoms with Gasteiger partial charge in [-0.1, -0.05) is 282 Å². The molecule has 0 saturated heterocycles. The molecule has 0 amide bonds. The summed E-state index contributed by atoms with van der Waals surface area (Å²) in [6.07, 6.45) is 85.4. The van der Waals surface area contributed by atoms with Gasteiger partial charge in [-0.3, -0.25) is 37.3 Å². The van der Waals surface area contributed by atoms with Gasteiger partial charge in [0.05, 0.1) is 26.4 Å². The number of allylic oxidation sites excluding steroid dienone is 26. The molecule has 0 aliphatic heterocycles. The molecule has 0 aliphatic rings. The predicted octanol–water partition coefficient (Wildman–Crippen LogP) is 22.4. The third-order valence-electron chi connectivity index (χ3n) is 15.5. The Morgan fingerprint density at radius 2 is 0.549 bits per heavy atom. The van der Waals surface area contributed by atoms with Crippen molar-refractivity contribution >= 4 is 39.5 Å². The number of carbonyl (C=O) groups is 4. The Labute approximate surface area is 617 Å². The second-order valence-corrected chi connectivity index (χ2v) is 28.1. The van der Waals surface area contributed by atoms with E-state index in [9.17, 15) is 43.2 Å². The molecule has 19 heteroatoms. The zero-order chi connectivity index (χ0) is 74.6. The molecule has 0 aromatic carbocycles. The molecule has 5 unspecified atom stereocenters. The summed E-state index contributed by atoms with van der Waals surface area (Å²) >= 11 is 0. The fraction of sp³-hybridized carbons (Fsp3) is 0.639. The van der Waals surface area contributed by atoms with Crippen LogP contribution in [0.25, 0.3) is 0 Å². The van der Waals surface area contributed by atoms with Gasteiger partial charge >= 0.3 is 39.5 Å². The lowest BCUT2D eigenvalue weighted by Gasteiger charge is -2.21. The highest BCUT2D eigenvalue weighted by Crippen LogP contribution is 2.45. The summed E-state index contributed by atoms with van der Waals surface area (Å²) in [6.45, 7) is 4.42. The minimum atomic E-state index is -5.00. The van der Waals surface area contributed by atoms with Gasteiger partial charge in [0.1, 0.15) is 19.3 Å². The van der Waals surface area contributed by atoms with E-state index in [-0.39, 0.29) is 25.7 Å². The lowest BCUT2D eigenvalue weighted by molar-refractivity contribution is -0.161. The van der Waals surface area contributed by atoms with Crippen molar-refractivity contribution in [1.29, 1.82) is 0 Å². The Bertz CT molecular complexity index is 2550. The number of phosphoric ester groups is 2. The minimum Gasteiger partial charge on any atom is -0.462 e. The monoisotopic (exact) mass is 1470 g/mol. The summed E-state index contributed by atoms with van der Waals surface area (Å²) in [5.74, 6) is -2.33. The molecular weight excluding hydrogens is 1330 g/mol. The number of esters is 4. The summed E-state index contributed by atoms with van der Waals surface area (Å²) in [5, 5.41) is 10.6. The van der Waals surface area contributed by atoms with Crippen LogP contribution in [0.1, 0.15) is 285 Å². The molecule has 0 radical (unpaired) electrons. The van der Waals surface area contributed by atoms with Gasteiger partial charge in [0.25, 0.3) is 0 Å². The summed E-state index contributed by atoms with van der Waals surface area (Å²) in [7, 11) is -9.99. The summed E-state index contributed by atoms with van der Waals surface area (Å²) in [4.78, 5) is 72.8. The number of ether oxygens (including phenoxy) is 4. The van der Waals surface area contributed by atoms with Crippen LogP contribution in [0.5, 0.6) is 0 Å². The number of hydrogen-bond donors (Lipinski definition) is 3. The minimum absolute atomic E-state index is 0.0328. The van der Waals surface area contributed by atoms with E-state index in [0.717, 1.165) is 161 Å². The van der Waals surface area contributed by atoms with Crippen molar-refractivity contribution in [2.75, 3.05) is 39.6 Å². The number of rotatable bonds is 71. The van der Waals surface area contributed by atoms with Gasteiger partial charge in [-0.2, -0.15) is 0 Å². The highest BCUT2D eigenvalue weighted by atomic mass is 31.2. The van der Waals surface area contributed by atoms with Crippen molar-refractivity contribution in [2.24, 2.45) is 0 Å². The van der Waals surface area contributed by atoms with E-state index in [0.29, 0.717) is 32.1 Å². The van der Waals surface area contributed by atoms with Crippen LogP contribution in [0.4, 0.5) is 0 Å². The average molecular weight is 1470 g/mol. The van der Waals surface area contributed by atoms with Gasteiger partial charge < -0.3 is 33.8 Å². The topological polar surface area (TPSA) is 237 Å². The summed E-state index contributed by atoms with van der Waals surface area (Å²) < 4.78 is 68.3. The van der Waals surface area contributed by atoms with Gasteiger partial charge in [0.2, 0.25) is 0 Å². The smallest absolute Gasteiger partial charge is 0.462 e. The Balaban J connectivity index is 5.41. The number of aliphatic hydroxyl groups is 1. The number of carbonyl (C=O) groups excluding carboxylic acids is 4. The number of hydrogen-bond acceptors (Lipinski definition) is 15. The fourth-order valence-corrected chi connectivity index (χ4v) is 11.2. The molecular formula is C83H136O17P2. The maximum atomic E-state index is 13.1. The van der Waals surface area contributed by atoms with Gasteiger partial charge in [-0.05, 0) is 135 Å². The van der Waals surface area contributed by atoms with E-state index < -0.39 is 97.5 Å². The molecule has 0 rings (SSSR count). The van der Waals surface area contributed by atoms with E-state index >= 15 is 0 Å². The first-order chi connectivity index (χ1) is 49.7. The molecule has 0 spiro atoms. The normalized spacial score (nSPS) is 14.8. The van der Waals surface area contributed by atoms with E-state index in [2.05, 4.69) is 167 Å². The molecule has 102 heavy (non-hydrogen) atoms. The van der Waals surface area contributed by atoms with Crippen molar-refractivity contribution in [2.45, 2.75) is 303 Å². The Morgan fingerprint density at radius 3 is 0.892 bits per heavy atom. The molecule has 5 atom stereocenters. The first kappa shape index (κ1) is 96.7. The van der Waals surface area contributed by atoms with Crippen LogP contribution >= 0.6 is 15.6 Å². The summed E-state index contributed by atoms with van der Waals surface area (Å²) in [5.41, 5.74) is 0. The maximum Gasteiger partial charge on any atom is 0.472 e. The second-order valence-electron chi connectivity index (χ2n) is 25.2. The van der Waals surface area contributed by atoms with Crippen LogP contribution in [-0.2, 0) is 65.4 Å². The Morgan fingerprint density at radius 1 is 0.284 bits per heavy atom. The lowest BCUT2D eigenvalue weighted by atomic mass is 10.1. The average Bonchev–Trinajstić information content (AvgIpc) is 0.928. The SMILES string of the molecule is CC/C=C\C/C=C\C/C=C\C/C=C\C/C=C\C/C=C\CCC(=O)OCC(COP(=O)(O)OCC(O)COP(=O)(O)OCC(COC(=O)CCCCC/C=C\C/C=C\C/C=C\C/C=C\C/C=C\CC)OC(=O)CCCCCCC/C=C\C/C=C\CCC)OC(=O)CCCCCCCCCCCCC. The van der Waals surface area contributed by atoms with Gasteiger partial charge in [-0.25, -0.2) is 9.13 Å². The standard InChI is InChI=1S/C83H136O17P2/c1-5-9-13-17-21-25-29-32-34-36-38-40-42-45-48-51-55-59-63-67-80(85)93-73-78(99-82(87)69-65-61-57-53-47-28-24-20-16-12-8-4)75-97-101(89,90)95-71-77(84)72-96-102(91,92)98-76-79(100-83(88)70-66-62-58-54-50-44-31-27-23-19-15-11-7-3)74-94-81(86)68-64-60-56-52-49-46-43-41-39-37-35-33-30-26-22-18-14-10-6-2/h9-10,13-15,19,21-22,25-27,31-35,38-41,45-46,48-49,55,59,77-79,84H,5-8,11-12,16-18,20,23-24,28-30,36-37,42-44,47,50-54,56-58,60-76H2,1-4H3,(H,89,90)(H,91,92)/b13-9-,14-10-,19-15-,25-21-,26-22-,31-27-,34-32-,35-33-,40-38-,41-39-,48-45-,49-46-,59-55-. The largest absolute Gasteiger partial charge is 0.472 e. The lowest BCUT2D eigenvalue weighted by Crippen LogP contribution is -2.30. The number of unbranched alkanes of at least 4 members (excludes halogenated alkanes) is 19. The third-order valence-corrected chi connectivity index (χ3v) is 17.4. The molecule has 0 bridgehead atoms. The van der Waals surface area contributed by atoms with Crippen LogP contribution in [0, 0.1) is 0 Å². The van der Waals surface area contributed by atoms with Crippen LogP contribution < -0.4 is 0 Å². The third kappa shape index (κ3) is 73.0. The molecule has 0 aliphatic carbocycles. The van der Waals surface area contributed by atoms with Crippen molar-refractivity contribution in [3.63, 3.8) is 0 Å². The van der Waals surface area contributed by atoms with Crippen LogP contribution in [-0.4, -0.2) is 96.7 Å². The van der Waals surface area contributed by atoms with Crippen molar-refractivity contribution in [1.82, 2.24) is 0 Å². The zero-order valence-corrected chi connectivity index (χ0v) is 65.0. The molecule has 0 aromatic heterocycles. The Kier molecular flexibility index (Phi) is 70.1. The Hall–Kier alpha value is -5.32. The van der Waals surface area contributed by atoms with E-state index in [1.54, 1.807) is 0 Å². The zero-order valence-electron chi connectivity index (χ0n) is 63.2. The fourth-order valence-electron chi connectivity index (χ4n) is 9.66. The van der Waals surface area contributed by atoms with Gasteiger partial charge in [-0.15, -0.1) is 0 Å². The second kappa shape index (κ2) is 74.0. The van der Waals surface area contributed by atoms with Gasteiger partial charge in [0.15, 0.2) is 12.2 Å². The molecule has 0 aromatic rings. The van der Waals surface area contributed by atoms with Crippen LogP contribution in [0.2, 0.25) is 0 Å². The first-order valence-electron chi connectivity index (χ1n) is 38.7. The van der Waals surface area contributed by atoms with Crippen molar-refractivity contribution in [3.05, 3.63) is 158 Å². The quantitative estimate of drug-likeness (QED) is 0.0169. The van der Waals surface area contributed by atoms with Crippen molar-refractivity contribution < 1.29 is 80.2 Å². The van der Waals surface area contributed by atoms with Crippen molar-refractivity contribution in [3.8, 4) is 0 Å². The number of aliphatic hydroxyl groups excluding tert-OH is 1. The highest BCUT2D eigenvalue weighted by Gasteiger charge is 2.30. The molecule has 580 valence electrons. The predicted molar refractivity (Wildman–Crippen MR) is 417 cm³/mol. The highest BCUT2D eigenvalue weighted by molar-refractivity contribution is 7.47. The first-order valence-corrected chi connectivity index (χ1v) is 41.7. The molecule has 17 nitrogen and oxygen atoms in total. The van der Waals surface area contributed by atoms with E-state index in [1.807, 2.05) is 18.2 Å². The molecule has 3 N–H and O–H groups in total. The van der Waals surface area contributed by atoms with Crippen LogP contribution in [0.3, 0.4) is 0 Å². The molecule has 0 fully saturated rings. The molecule has 0 saturated carbocycles.